The highest BCUT2D eigenvalue weighted by atomic mass is 16.5. The molecular formula is C15H15N3O. The molecule has 0 radical (unpaired) electrons. The van der Waals surface area contributed by atoms with Crippen molar-refractivity contribution in [3.8, 4) is 11.8 Å². The van der Waals surface area contributed by atoms with Gasteiger partial charge < -0.3 is 10.1 Å². The van der Waals surface area contributed by atoms with Crippen LogP contribution in [-0.2, 0) is 6.61 Å². The van der Waals surface area contributed by atoms with Crippen molar-refractivity contribution in [3.05, 3.63) is 53.9 Å². The SMILES string of the molecule is CCNc1ccnc(COc2ccc(C#N)cc2)c1. The highest BCUT2D eigenvalue weighted by Crippen LogP contribution is 2.14. The van der Waals surface area contributed by atoms with Gasteiger partial charge >= 0.3 is 0 Å². The highest BCUT2D eigenvalue weighted by molar-refractivity contribution is 5.43. The number of nitrogens with zero attached hydrogens (tertiary/aromatic N) is 2. The quantitative estimate of drug-likeness (QED) is 0.890. The second-order valence-electron chi connectivity index (χ2n) is 3.99. The molecule has 1 heterocycles. The molecule has 0 spiro atoms. The fourth-order valence-electron chi connectivity index (χ4n) is 1.65. The van der Waals surface area contributed by atoms with E-state index in [0.717, 1.165) is 23.7 Å². The maximum absolute atomic E-state index is 8.71. The van der Waals surface area contributed by atoms with Crippen LogP contribution in [-0.4, -0.2) is 11.5 Å². The molecule has 0 saturated carbocycles. The van der Waals surface area contributed by atoms with Crippen LogP contribution in [0.4, 0.5) is 5.69 Å². The Kier molecular flexibility index (Phi) is 4.35. The average Bonchev–Trinajstić information content (AvgIpc) is 2.46. The molecule has 0 bridgehead atoms. The lowest BCUT2D eigenvalue weighted by Gasteiger charge is -2.07. The molecule has 1 N–H and O–H groups in total. The molecule has 2 aromatic rings. The zero-order valence-corrected chi connectivity index (χ0v) is 10.8. The van der Waals surface area contributed by atoms with Crippen molar-refractivity contribution in [3.63, 3.8) is 0 Å². The minimum atomic E-state index is 0.408. The van der Waals surface area contributed by atoms with Crippen molar-refractivity contribution in [2.24, 2.45) is 0 Å². The summed E-state index contributed by atoms with van der Waals surface area (Å²) in [6.07, 6.45) is 1.76. The summed E-state index contributed by atoms with van der Waals surface area (Å²) in [5, 5.41) is 11.9. The van der Waals surface area contributed by atoms with E-state index in [0.29, 0.717) is 12.2 Å². The normalized spacial score (nSPS) is 9.68. The first-order chi connectivity index (χ1) is 9.31. The number of rotatable bonds is 5. The Labute approximate surface area is 112 Å². The molecule has 0 amide bonds. The zero-order chi connectivity index (χ0) is 13.5. The molecule has 4 nitrogen and oxygen atoms in total. The summed E-state index contributed by atoms with van der Waals surface area (Å²) < 4.78 is 5.62. The molecule has 0 atom stereocenters. The first-order valence-electron chi connectivity index (χ1n) is 6.13. The van der Waals surface area contributed by atoms with Gasteiger partial charge in [0.1, 0.15) is 12.4 Å². The van der Waals surface area contributed by atoms with Gasteiger partial charge in [-0.2, -0.15) is 5.26 Å². The Hall–Kier alpha value is -2.54. The number of benzene rings is 1. The molecule has 96 valence electrons. The van der Waals surface area contributed by atoms with Crippen molar-refractivity contribution < 1.29 is 4.74 Å². The van der Waals surface area contributed by atoms with Gasteiger partial charge in [-0.15, -0.1) is 0 Å². The number of anilines is 1. The van der Waals surface area contributed by atoms with Gasteiger partial charge in [0, 0.05) is 18.4 Å². The Morgan fingerprint density at radius 1 is 1.26 bits per heavy atom. The van der Waals surface area contributed by atoms with E-state index in [-0.39, 0.29) is 0 Å². The summed E-state index contributed by atoms with van der Waals surface area (Å²) in [5.41, 5.74) is 2.53. The summed E-state index contributed by atoms with van der Waals surface area (Å²) >= 11 is 0. The van der Waals surface area contributed by atoms with E-state index in [9.17, 15) is 0 Å². The lowest BCUT2D eigenvalue weighted by atomic mass is 10.2. The minimum absolute atomic E-state index is 0.408. The monoisotopic (exact) mass is 253 g/mol. The second kappa shape index (κ2) is 6.41. The van der Waals surface area contributed by atoms with Crippen molar-refractivity contribution in [1.82, 2.24) is 4.98 Å². The lowest BCUT2D eigenvalue weighted by molar-refractivity contribution is 0.301. The second-order valence-corrected chi connectivity index (χ2v) is 3.99. The van der Waals surface area contributed by atoms with Gasteiger partial charge in [-0.05, 0) is 43.3 Å². The predicted molar refractivity (Wildman–Crippen MR) is 73.9 cm³/mol. The van der Waals surface area contributed by atoms with Crippen LogP contribution in [0.1, 0.15) is 18.2 Å². The Balaban J connectivity index is 1.97. The fourth-order valence-corrected chi connectivity index (χ4v) is 1.65. The lowest BCUT2D eigenvalue weighted by Crippen LogP contribution is -2.01. The number of pyridine rings is 1. The first-order valence-corrected chi connectivity index (χ1v) is 6.13. The maximum Gasteiger partial charge on any atom is 0.130 e. The van der Waals surface area contributed by atoms with E-state index in [1.54, 1.807) is 30.5 Å². The smallest absolute Gasteiger partial charge is 0.130 e. The fraction of sp³-hybridized carbons (Fsp3) is 0.200. The summed E-state index contributed by atoms with van der Waals surface area (Å²) in [5.74, 6) is 0.731. The number of aromatic nitrogens is 1. The molecule has 0 fully saturated rings. The number of ether oxygens (including phenoxy) is 1. The average molecular weight is 253 g/mol. The van der Waals surface area contributed by atoms with Gasteiger partial charge in [0.15, 0.2) is 0 Å². The molecule has 19 heavy (non-hydrogen) atoms. The molecule has 0 aliphatic heterocycles. The summed E-state index contributed by atoms with van der Waals surface area (Å²) in [6.45, 7) is 3.33. The molecule has 0 unspecified atom stereocenters. The van der Waals surface area contributed by atoms with Gasteiger partial charge in [0.05, 0.1) is 17.3 Å². The van der Waals surface area contributed by atoms with Crippen LogP contribution in [0.5, 0.6) is 5.75 Å². The number of nitrogens with one attached hydrogen (secondary N) is 1. The zero-order valence-electron chi connectivity index (χ0n) is 10.8. The first kappa shape index (κ1) is 12.9. The molecule has 1 aromatic heterocycles. The van der Waals surface area contributed by atoms with Crippen molar-refractivity contribution >= 4 is 5.69 Å². The Morgan fingerprint density at radius 2 is 2.05 bits per heavy atom. The van der Waals surface area contributed by atoms with Crippen LogP contribution in [0, 0.1) is 11.3 Å². The third-order valence-corrected chi connectivity index (χ3v) is 2.57. The van der Waals surface area contributed by atoms with E-state index < -0.39 is 0 Å². The number of hydrogen-bond donors (Lipinski definition) is 1. The predicted octanol–water partition coefficient (Wildman–Crippen LogP) is 2.96. The Morgan fingerprint density at radius 3 is 2.74 bits per heavy atom. The Bertz CT molecular complexity index is 573. The van der Waals surface area contributed by atoms with Gasteiger partial charge in [-0.25, -0.2) is 0 Å². The van der Waals surface area contributed by atoms with Gasteiger partial charge in [0.25, 0.3) is 0 Å². The van der Waals surface area contributed by atoms with Crippen LogP contribution in [0.25, 0.3) is 0 Å². The van der Waals surface area contributed by atoms with E-state index in [1.165, 1.54) is 0 Å². The van der Waals surface area contributed by atoms with Gasteiger partial charge in [-0.1, -0.05) is 0 Å². The van der Waals surface area contributed by atoms with E-state index in [1.807, 2.05) is 19.1 Å². The standard InChI is InChI=1S/C15H15N3O/c1-2-17-13-7-8-18-14(9-13)11-19-15-5-3-12(10-16)4-6-15/h3-9H,2,11H2,1H3,(H,17,18). The van der Waals surface area contributed by atoms with E-state index in [2.05, 4.69) is 16.4 Å². The molecule has 2 rings (SSSR count). The largest absolute Gasteiger partial charge is 0.487 e. The van der Waals surface area contributed by atoms with Crippen LogP contribution < -0.4 is 10.1 Å². The minimum Gasteiger partial charge on any atom is -0.487 e. The molecule has 1 aromatic carbocycles. The van der Waals surface area contributed by atoms with Crippen molar-refractivity contribution in [1.29, 1.82) is 5.26 Å². The number of hydrogen-bond acceptors (Lipinski definition) is 4. The third kappa shape index (κ3) is 3.71. The highest BCUT2D eigenvalue weighted by Gasteiger charge is 1.99. The third-order valence-electron chi connectivity index (χ3n) is 2.57. The maximum atomic E-state index is 8.71. The molecule has 4 heteroatoms. The molecule has 0 aliphatic carbocycles. The summed E-state index contributed by atoms with van der Waals surface area (Å²) in [6, 6.07) is 13.0. The van der Waals surface area contributed by atoms with Crippen molar-refractivity contribution in [2.45, 2.75) is 13.5 Å². The summed E-state index contributed by atoms with van der Waals surface area (Å²) in [4.78, 5) is 4.25. The van der Waals surface area contributed by atoms with Crippen LogP contribution >= 0.6 is 0 Å². The topological polar surface area (TPSA) is 57.9 Å². The number of nitriles is 1. The van der Waals surface area contributed by atoms with Gasteiger partial charge in [-0.3, -0.25) is 4.98 Å². The molecular weight excluding hydrogens is 238 g/mol. The van der Waals surface area contributed by atoms with Crippen LogP contribution in [0.2, 0.25) is 0 Å². The van der Waals surface area contributed by atoms with Crippen LogP contribution in [0.15, 0.2) is 42.6 Å². The molecule has 0 saturated heterocycles. The van der Waals surface area contributed by atoms with Crippen LogP contribution in [0.3, 0.4) is 0 Å². The van der Waals surface area contributed by atoms with Gasteiger partial charge in [0.2, 0.25) is 0 Å². The van der Waals surface area contributed by atoms with Crippen molar-refractivity contribution in [2.75, 3.05) is 11.9 Å². The van der Waals surface area contributed by atoms with E-state index in [4.69, 9.17) is 10.00 Å². The summed E-state index contributed by atoms with van der Waals surface area (Å²) in [7, 11) is 0. The molecule has 0 aliphatic rings. The van der Waals surface area contributed by atoms with E-state index >= 15 is 0 Å².